The summed E-state index contributed by atoms with van der Waals surface area (Å²) in [7, 11) is 1.47. The standard InChI is InChI=1S/C12H16F2N4O2/c1-20-9-6-16-8(4-17-9)5-18-11(19)10(15)7-2-12(13,14)3-7/h4,6-7,10H,2-3,5,15H2,1H3,(H,18,19). The molecule has 1 fully saturated rings. The van der Waals surface area contributed by atoms with Crippen molar-refractivity contribution in [3.63, 3.8) is 0 Å². The van der Waals surface area contributed by atoms with E-state index in [1.54, 1.807) is 0 Å². The first-order chi connectivity index (χ1) is 9.41. The molecular formula is C12H16F2N4O2. The topological polar surface area (TPSA) is 90.1 Å². The minimum atomic E-state index is -2.68. The minimum Gasteiger partial charge on any atom is -0.480 e. The number of nitrogens with zero attached hydrogens (tertiary/aromatic N) is 2. The largest absolute Gasteiger partial charge is 0.480 e. The normalized spacial score (nSPS) is 19.0. The fraction of sp³-hybridized carbons (Fsp3) is 0.583. The Kier molecular flexibility index (Phi) is 4.12. The zero-order chi connectivity index (χ0) is 14.8. The molecule has 1 atom stereocenters. The second-order valence-electron chi connectivity index (χ2n) is 4.82. The number of carbonyl (C=O) groups is 1. The summed E-state index contributed by atoms with van der Waals surface area (Å²) in [6.45, 7) is 0.145. The van der Waals surface area contributed by atoms with Crippen molar-refractivity contribution in [2.24, 2.45) is 11.7 Å². The maximum Gasteiger partial charge on any atom is 0.248 e. The number of hydrogen-bond acceptors (Lipinski definition) is 5. The molecule has 1 saturated carbocycles. The molecule has 1 aliphatic rings. The van der Waals surface area contributed by atoms with Crippen LogP contribution in [0.5, 0.6) is 5.88 Å². The first-order valence-electron chi connectivity index (χ1n) is 6.17. The first kappa shape index (κ1) is 14.6. The smallest absolute Gasteiger partial charge is 0.248 e. The molecule has 0 radical (unpaired) electrons. The SMILES string of the molecule is COc1cnc(CNC(=O)C(N)C2CC(F)(F)C2)cn1. The number of alkyl halides is 2. The number of nitrogens with two attached hydrogens (primary N) is 1. The summed E-state index contributed by atoms with van der Waals surface area (Å²) in [6.07, 6.45) is 2.23. The molecule has 20 heavy (non-hydrogen) atoms. The second-order valence-corrected chi connectivity index (χ2v) is 4.82. The summed E-state index contributed by atoms with van der Waals surface area (Å²) in [5, 5.41) is 2.56. The van der Waals surface area contributed by atoms with Gasteiger partial charge >= 0.3 is 0 Å². The Hall–Kier alpha value is -1.83. The van der Waals surface area contributed by atoms with Gasteiger partial charge < -0.3 is 15.8 Å². The third-order valence-electron chi connectivity index (χ3n) is 3.27. The van der Waals surface area contributed by atoms with E-state index in [0.717, 1.165) is 0 Å². The molecule has 6 nitrogen and oxygen atoms in total. The van der Waals surface area contributed by atoms with Gasteiger partial charge in [-0.3, -0.25) is 9.78 Å². The van der Waals surface area contributed by atoms with E-state index in [1.165, 1.54) is 19.5 Å². The first-order valence-corrected chi connectivity index (χ1v) is 6.17. The van der Waals surface area contributed by atoms with Crippen LogP contribution in [0, 0.1) is 5.92 Å². The Labute approximate surface area is 114 Å². The molecule has 0 bridgehead atoms. The van der Waals surface area contributed by atoms with E-state index in [2.05, 4.69) is 15.3 Å². The van der Waals surface area contributed by atoms with Crippen LogP contribution in [0.25, 0.3) is 0 Å². The highest BCUT2D eigenvalue weighted by atomic mass is 19.3. The molecule has 1 unspecified atom stereocenters. The molecule has 0 aliphatic heterocycles. The van der Waals surface area contributed by atoms with Crippen LogP contribution in [0.2, 0.25) is 0 Å². The molecule has 1 aliphatic carbocycles. The predicted octanol–water partition coefficient (Wildman–Crippen LogP) is 0.474. The number of hydrogen-bond donors (Lipinski definition) is 2. The Morgan fingerprint density at radius 2 is 2.25 bits per heavy atom. The summed E-state index contributed by atoms with van der Waals surface area (Å²) in [4.78, 5) is 19.7. The predicted molar refractivity (Wildman–Crippen MR) is 66.1 cm³/mol. The molecule has 1 amide bonds. The van der Waals surface area contributed by atoms with Crippen LogP contribution < -0.4 is 15.8 Å². The third kappa shape index (κ3) is 3.38. The number of rotatable bonds is 5. The van der Waals surface area contributed by atoms with E-state index in [4.69, 9.17) is 10.5 Å². The number of carbonyl (C=O) groups excluding carboxylic acids is 1. The van der Waals surface area contributed by atoms with Crippen LogP contribution in [0.1, 0.15) is 18.5 Å². The molecule has 2 rings (SSSR count). The molecule has 0 spiro atoms. The lowest BCUT2D eigenvalue weighted by molar-refractivity contribution is -0.137. The van der Waals surface area contributed by atoms with Gasteiger partial charge in [-0.1, -0.05) is 0 Å². The van der Waals surface area contributed by atoms with E-state index >= 15 is 0 Å². The summed E-state index contributed by atoms with van der Waals surface area (Å²) in [5.41, 5.74) is 6.18. The highest BCUT2D eigenvalue weighted by Gasteiger charge is 2.49. The number of amides is 1. The van der Waals surface area contributed by atoms with Crippen molar-refractivity contribution in [1.82, 2.24) is 15.3 Å². The van der Waals surface area contributed by atoms with E-state index in [9.17, 15) is 13.6 Å². The van der Waals surface area contributed by atoms with Crippen molar-refractivity contribution in [2.75, 3.05) is 7.11 Å². The van der Waals surface area contributed by atoms with E-state index < -0.39 is 23.8 Å². The van der Waals surface area contributed by atoms with Gasteiger partial charge in [-0.2, -0.15) is 0 Å². The molecule has 0 aromatic carbocycles. The third-order valence-corrected chi connectivity index (χ3v) is 3.27. The molecule has 0 saturated heterocycles. The van der Waals surface area contributed by atoms with Crippen molar-refractivity contribution >= 4 is 5.91 Å². The van der Waals surface area contributed by atoms with Crippen LogP contribution in [0.4, 0.5) is 8.78 Å². The zero-order valence-electron chi connectivity index (χ0n) is 11.0. The molecule has 8 heteroatoms. The van der Waals surface area contributed by atoms with Gasteiger partial charge in [0.25, 0.3) is 0 Å². The highest BCUT2D eigenvalue weighted by molar-refractivity contribution is 5.81. The van der Waals surface area contributed by atoms with Crippen LogP contribution in [-0.4, -0.2) is 34.9 Å². The lowest BCUT2D eigenvalue weighted by Crippen LogP contribution is -2.52. The Bertz CT molecular complexity index is 473. The van der Waals surface area contributed by atoms with Crippen LogP contribution in [0.15, 0.2) is 12.4 Å². The van der Waals surface area contributed by atoms with E-state index in [0.29, 0.717) is 11.6 Å². The van der Waals surface area contributed by atoms with Gasteiger partial charge in [-0.05, 0) is 5.92 Å². The molecule has 1 heterocycles. The fourth-order valence-electron chi connectivity index (χ4n) is 2.01. The fourth-order valence-corrected chi connectivity index (χ4v) is 2.01. The zero-order valence-corrected chi connectivity index (χ0v) is 11.0. The van der Waals surface area contributed by atoms with Crippen molar-refractivity contribution in [3.8, 4) is 5.88 Å². The maximum atomic E-state index is 12.7. The minimum absolute atomic E-state index is 0.145. The lowest BCUT2D eigenvalue weighted by Gasteiger charge is -2.37. The van der Waals surface area contributed by atoms with Crippen molar-refractivity contribution in [1.29, 1.82) is 0 Å². The van der Waals surface area contributed by atoms with Crippen LogP contribution in [0.3, 0.4) is 0 Å². The Balaban J connectivity index is 1.79. The molecule has 3 N–H and O–H groups in total. The van der Waals surface area contributed by atoms with Crippen LogP contribution in [-0.2, 0) is 11.3 Å². The van der Waals surface area contributed by atoms with E-state index in [1.807, 2.05) is 0 Å². The summed E-state index contributed by atoms with van der Waals surface area (Å²) in [6, 6.07) is -0.916. The summed E-state index contributed by atoms with van der Waals surface area (Å²) in [5.74, 6) is -3.23. The van der Waals surface area contributed by atoms with Gasteiger partial charge in [-0.25, -0.2) is 13.8 Å². The second kappa shape index (κ2) is 5.66. The summed E-state index contributed by atoms with van der Waals surface area (Å²) >= 11 is 0. The monoisotopic (exact) mass is 286 g/mol. The number of aromatic nitrogens is 2. The molecular weight excluding hydrogens is 270 g/mol. The number of halogens is 2. The van der Waals surface area contributed by atoms with Crippen molar-refractivity contribution in [3.05, 3.63) is 18.1 Å². The Morgan fingerprint density at radius 1 is 1.55 bits per heavy atom. The van der Waals surface area contributed by atoms with Crippen LogP contribution >= 0.6 is 0 Å². The van der Waals surface area contributed by atoms with Gasteiger partial charge in [-0.15, -0.1) is 0 Å². The lowest BCUT2D eigenvalue weighted by atomic mass is 9.76. The van der Waals surface area contributed by atoms with Crippen molar-refractivity contribution < 1.29 is 18.3 Å². The highest BCUT2D eigenvalue weighted by Crippen LogP contribution is 2.43. The van der Waals surface area contributed by atoms with Gasteiger partial charge in [0.2, 0.25) is 17.7 Å². The molecule has 1 aromatic rings. The number of methoxy groups -OCH3 is 1. The van der Waals surface area contributed by atoms with Gasteiger partial charge in [0.05, 0.1) is 37.8 Å². The average Bonchev–Trinajstić information content (AvgIpc) is 2.41. The average molecular weight is 286 g/mol. The molecule has 1 aromatic heterocycles. The van der Waals surface area contributed by atoms with Gasteiger partial charge in [0.15, 0.2) is 0 Å². The Morgan fingerprint density at radius 3 is 2.75 bits per heavy atom. The number of ether oxygens (including phenoxy) is 1. The van der Waals surface area contributed by atoms with E-state index in [-0.39, 0.29) is 19.4 Å². The van der Waals surface area contributed by atoms with Gasteiger partial charge in [0, 0.05) is 12.8 Å². The summed E-state index contributed by atoms with van der Waals surface area (Å²) < 4.78 is 30.3. The molecule has 110 valence electrons. The number of nitrogens with one attached hydrogen (secondary N) is 1. The van der Waals surface area contributed by atoms with Gasteiger partial charge in [0.1, 0.15) is 0 Å². The maximum absolute atomic E-state index is 12.7. The van der Waals surface area contributed by atoms with Crippen molar-refractivity contribution in [2.45, 2.75) is 31.4 Å². The quantitative estimate of drug-likeness (QED) is 0.821.